The second-order valence-corrected chi connectivity index (χ2v) is 22.3. The molecule has 0 bridgehead atoms. The first-order chi connectivity index (χ1) is 13.9. The van der Waals surface area contributed by atoms with E-state index in [9.17, 15) is 4.79 Å². The molecule has 0 heterocycles. The lowest BCUT2D eigenvalue weighted by molar-refractivity contribution is -0.153. The van der Waals surface area contributed by atoms with Crippen molar-refractivity contribution in [3.05, 3.63) is 0 Å². The fourth-order valence-corrected chi connectivity index (χ4v) is 5.10. The van der Waals surface area contributed by atoms with Crippen molar-refractivity contribution in [3.63, 3.8) is 0 Å². The molecule has 0 aromatic rings. The van der Waals surface area contributed by atoms with Crippen LogP contribution >= 0.6 is 0 Å². The van der Waals surface area contributed by atoms with Gasteiger partial charge in [0.1, 0.15) is 5.60 Å². The van der Waals surface area contributed by atoms with Gasteiger partial charge in [-0.2, -0.15) is 0 Å². The Balaban J connectivity index is 0. The molecule has 0 fully saturated rings. The van der Waals surface area contributed by atoms with Crippen LogP contribution in [0.4, 0.5) is 0 Å². The lowest BCUT2D eigenvalue weighted by atomic mass is 10.2. The monoisotopic (exact) mass is 492 g/mol. The minimum atomic E-state index is -1.74. The topological polar surface area (TPSA) is 82.8 Å². The second-order valence-electron chi connectivity index (χ2n) is 12.8. The molecule has 0 aliphatic rings. The molecule has 0 saturated heterocycles. The van der Waals surface area contributed by atoms with Gasteiger partial charge in [-0.3, -0.25) is 4.79 Å². The normalized spacial score (nSPS) is 15.5. The molecule has 32 heavy (non-hydrogen) atoms. The Morgan fingerprint density at radius 2 is 1.19 bits per heavy atom. The van der Waals surface area contributed by atoms with Crippen molar-refractivity contribution in [3.8, 4) is 0 Å². The number of nitrogens with one attached hydrogen (secondary N) is 1. The number of carbonyl (C=O) groups excluding carboxylic acids is 1. The SMILES string of the molecule is CC(CN)O[Si](C)(C)C(C)(C)C.CC(CNCC(=O)OC(C)(C)C)O[Si](C)(C)C(C)(C)C. The van der Waals surface area contributed by atoms with Crippen molar-refractivity contribution in [2.75, 3.05) is 19.6 Å². The van der Waals surface area contributed by atoms with Gasteiger partial charge in [0.25, 0.3) is 0 Å². The van der Waals surface area contributed by atoms with Crippen LogP contribution < -0.4 is 11.1 Å². The standard InChI is InChI=1S/C15H33NO3Si.C9H23NOSi/c1-12(19-20(8,9)15(5,6)7)10-16-11-13(17)18-14(2,3)4;1-8(7-10)11-12(5,6)9(2,3)4/h12,16H,10-11H2,1-9H3;8H,7,10H2,1-6H3. The maximum absolute atomic E-state index is 11.6. The lowest BCUT2D eigenvalue weighted by Crippen LogP contribution is -2.46. The lowest BCUT2D eigenvalue weighted by Gasteiger charge is -2.38. The van der Waals surface area contributed by atoms with Crippen LogP contribution in [0.3, 0.4) is 0 Å². The molecule has 0 spiro atoms. The van der Waals surface area contributed by atoms with Crippen molar-refractivity contribution < 1.29 is 18.4 Å². The fraction of sp³-hybridized carbons (Fsp3) is 0.958. The predicted molar refractivity (Wildman–Crippen MR) is 143 cm³/mol. The largest absolute Gasteiger partial charge is 0.459 e. The first-order valence-electron chi connectivity index (χ1n) is 11.9. The van der Waals surface area contributed by atoms with Gasteiger partial charge < -0.3 is 24.6 Å². The molecule has 0 aromatic heterocycles. The third-order valence-corrected chi connectivity index (χ3v) is 15.3. The summed E-state index contributed by atoms with van der Waals surface area (Å²) in [5.41, 5.74) is 5.09. The molecule has 2 atom stereocenters. The van der Waals surface area contributed by atoms with Gasteiger partial charge >= 0.3 is 5.97 Å². The Morgan fingerprint density at radius 1 is 0.812 bits per heavy atom. The van der Waals surface area contributed by atoms with Gasteiger partial charge in [-0.1, -0.05) is 41.5 Å². The maximum Gasteiger partial charge on any atom is 0.320 e. The molecule has 0 rings (SSSR count). The molecular weight excluding hydrogens is 436 g/mol. The molecular formula is C24H56N2O4Si2. The number of ether oxygens (including phenoxy) is 1. The molecule has 194 valence electrons. The van der Waals surface area contributed by atoms with Gasteiger partial charge in [-0.25, -0.2) is 0 Å². The van der Waals surface area contributed by atoms with Crippen LogP contribution in [0.1, 0.15) is 76.2 Å². The van der Waals surface area contributed by atoms with E-state index in [4.69, 9.17) is 19.3 Å². The molecule has 8 heteroatoms. The van der Waals surface area contributed by atoms with E-state index >= 15 is 0 Å². The summed E-state index contributed by atoms with van der Waals surface area (Å²) in [5.74, 6) is -0.225. The fourth-order valence-electron chi connectivity index (χ4n) is 2.20. The van der Waals surface area contributed by atoms with E-state index in [1.807, 2.05) is 34.6 Å². The van der Waals surface area contributed by atoms with E-state index in [0.717, 1.165) is 0 Å². The quantitative estimate of drug-likeness (QED) is 0.318. The molecule has 0 amide bonds. The summed E-state index contributed by atoms with van der Waals surface area (Å²) < 4.78 is 17.4. The molecule has 3 N–H and O–H groups in total. The third kappa shape index (κ3) is 14.8. The zero-order valence-electron chi connectivity index (χ0n) is 24.0. The molecule has 0 aliphatic carbocycles. The van der Waals surface area contributed by atoms with Crippen molar-refractivity contribution in [2.24, 2.45) is 5.73 Å². The van der Waals surface area contributed by atoms with Gasteiger partial charge in [0.15, 0.2) is 16.6 Å². The molecule has 2 unspecified atom stereocenters. The van der Waals surface area contributed by atoms with Gasteiger partial charge in [0, 0.05) is 13.1 Å². The van der Waals surface area contributed by atoms with E-state index in [1.54, 1.807) is 0 Å². The molecule has 0 saturated carbocycles. The predicted octanol–water partition coefficient (Wildman–Crippen LogP) is 5.68. The van der Waals surface area contributed by atoms with Crippen LogP contribution in [-0.2, 0) is 18.4 Å². The Kier molecular flexibility index (Phi) is 13.8. The minimum absolute atomic E-state index is 0.0957. The average Bonchev–Trinajstić information content (AvgIpc) is 2.50. The number of nitrogens with two attached hydrogens (primary N) is 1. The van der Waals surface area contributed by atoms with Crippen LogP contribution in [0.2, 0.25) is 36.3 Å². The highest BCUT2D eigenvalue weighted by Crippen LogP contribution is 2.37. The maximum atomic E-state index is 11.6. The van der Waals surface area contributed by atoms with Crippen molar-refractivity contribution in [1.82, 2.24) is 5.32 Å². The summed E-state index contributed by atoms with van der Waals surface area (Å²) in [6, 6.07) is 0. The van der Waals surface area contributed by atoms with Crippen LogP contribution in [-0.4, -0.2) is 60.0 Å². The minimum Gasteiger partial charge on any atom is -0.459 e. The molecule has 0 aromatic carbocycles. The Hall–Kier alpha value is -0.256. The molecule has 0 radical (unpaired) electrons. The second kappa shape index (κ2) is 13.0. The van der Waals surface area contributed by atoms with Crippen LogP contribution in [0.5, 0.6) is 0 Å². The Labute approximate surface area is 202 Å². The zero-order chi connectivity index (χ0) is 26.2. The van der Waals surface area contributed by atoms with Crippen LogP contribution in [0.25, 0.3) is 0 Å². The number of carbonyl (C=O) groups is 1. The number of rotatable bonds is 9. The first kappa shape index (κ1) is 33.9. The highest BCUT2D eigenvalue weighted by atomic mass is 28.4. The number of esters is 1. The van der Waals surface area contributed by atoms with Gasteiger partial charge in [0.2, 0.25) is 0 Å². The van der Waals surface area contributed by atoms with Crippen molar-refractivity contribution >= 4 is 22.6 Å². The molecule has 0 aliphatic heterocycles. The third-order valence-electron chi connectivity index (χ3n) is 6.06. The van der Waals surface area contributed by atoms with Crippen LogP contribution in [0, 0.1) is 0 Å². The number of hydrogen-bond acceptors (Lipinski definition) is 6. The van der Waals surface area contributed by atoms with Gasteiger partial charge in [0.05, 0.1) is 18.8 Å². The first-order valence-corrected chi connectivity index (χ1v) is 17.7. The summed E-state index contributed by atoms with van der Waals surface area (Å²) in [6.07, 6.45) is 0.296. The number of hydrogen-bond donors (Lipinski definition) is 2. The highest BCUT2D eigenvalue weighted by Gasteiger charge is 2.39. The summed E-state index contributed by atoms with van der Waals surface area (Å²) in [5, 5.41) is 3.59. The van der Waals surface area contributed by atoms with Crippen LogP contribution in [0.15, 0.2) is 0 Å². The highest BCUT2D eigenvalue weighted by molar-refractivity contribution is 6.74. The Morgan fingerprint density at radius 3 is 1.50 bits per heavy atom. The van der Waals surface area contributed by atoms with E-state index in [2.05, 4.69) is 73.0 Å². The van der Waals surface area contributed by atoms with Crippen molar-refractivity contribution in [2.45, 2.75) is 130 Å². The van der Waals surface area contributed by atoms with E-state index in [0.29, 0.717) is 13.1 Å². The molecule has 6 nitrogen and oxygen atoms in total. The Bertz CT molecular complexity index is 548. The smallest absolute Gasteiger partial charge is 0.320 e. The van der Waals surface area contributed by atoms with Gasteiger partial charge in [-0.15, -0.1) is 0 Å². The van der Waals surface area contributed by atoms with E-state index < -0.39 is 22.2 Å². The summed E-state index contributed by atoms with van der Waals surface area (Å²) in [6.45, 7) is 33.5. The van der Waals surface area contributed by atoms with Crippen molar-refractivity contribution in [1.29, 1.82) is 0 Å². The van der Waals surface area contributed by atoms with E-state index in [1.165, 1.54) is 0 Å². The zero-order valence-corrected chi connectivity index (χ0v) is 26.0. The van der Waals surface area contributed by atoms with E-state index in [-0.39, 0.29) is 34.8 Å². The average molecular weight is 493 g/mol. The summed E-state index contributed by atoms with van der Waals surface area (Å²) in [7, 11) is -3.31. The summed E-state index contributed by atoms with van der Waals surface area (Å²) in [4.78, 5) is 11.6. The summed E-state index contributed by atoms with van der Waals surface area (Å²) >= 11 is 0. The van der Waals surface area contributed by atoms with Gasteiger partial charge in [-0.05, 0) is 70.9 Å².